The van der Waals surface area contributed by atoms with E-state index < -0.39 is 0 Å². The first kappa shape index (κ1) is 21.9. The molecule has 1 aromatic heterocycles. The fourth-order valence-electron chi connectivity index (χ4n) is 4.80. The molecule has 5 rings (SSSR count). The third kappa shape index (κ3) is 5.02. The molecule has 0 aliphatic carbocycles. The van der Waals surface area contributed by atoms with Gasteiger partial charge in [0, 0.05) is 51.0 Å². The predicted octanol–water partition coefficient (Wildman–Crippen LogP) is 3.70. The molecule has 0 atom stereocenters. The Morgan fingerprint density at radius 2 is 1.45 bits per heavy atom. The van der Waals surface area contributed by atoms with Gasteiger partial charge in [-0.15, -0.1) is 0 Å². The number of nitrogens with zero attached hydrogens (tertiary/aromatic N) is 5. The first-order valence-electron chi connectivity index (χ1n) is 12.1. The standard InChI is InChI=1S/C27H33N5O/c1-22-9-11-24(12-10-22)32-21-25(26(28-32)23-7-3-2-4-8-23)27(33)31-19-17-30(18-20-31)16-15-29-13-5-6-14-29/h2-4,7-12,21H,5-6,13-20H2,1H3. The van der Waals surface area contributed by atoms with Gasteiger partial charge in [-0.1, -0.05) is 48.0 Å². The van der Waals surface area contributed by atoms with E-state index >= 15 is 0 Å². The molecule has 0 unspecified atom stereocenters. The van der Waals surface area contributed by atoms with E-state index in [1.807, 2.05) is 58.2 Å². The largest absolute Gasteiger partial charge is 0.336 e. The topological polar surface area (TPSA) is 44.6 Å². The van der Waals surface area contributed by atoms with E-state index in [9.17, 15) is 4.79 Å². The Hall–Kier alpha value is -2.96. The minimum atomic E-state index is 0.0754. The normalized spacial score (nSPS) is 17.5. The van der Waals surface area contributed by atoms with Gasteiger partial charge in [-0.25, -0.2) is 4.68 Å². The molecule has 3 aromatic rings. The quantitative estimate of drug-likeness (QED) is 0.583. The molecular formula is C27H33N5O. The van der Waals surface area contributed by atoms with Gasteiger partial charge in [-0.2, -0.15) is 5.10 Å². The zero-order chi connectivity index (χ0) is 22.6. The van der Waals surface area contributed by atoms with Crippen molar-refractivity contribution in [3.05, 3.63) is 71.9 Å². The van der Waals surface area contributed by atoms with Gasteiger partial charge in [0.25, 0.3) is 5.91 Å². The maximum absolute atomic E-state index is 13.6. The molecule has 172 valence electrons. The number of piperazine rings is 1. The van der Waals surface area contributed by atoms with Crippen molar-refractivity contribution < 1.29 is 4.79 Å². The lowest BCUT2D eigenvalue weighted by atomic mass is 10.1. The van der Waals surface area contributed by atoms with Crippen molar-refractivity contribution in [2.24, 2.45) is 0 Å². The van der Waals surface area contributed by atoms with Crippen LogP contribution in [0.1, 0.15) is 28.8 Å². The van der Waals surface area contributed by atoms with Crippen LogP contribution < -0.4 is 0 Å². The highest BCUT2D eigenvalue weighted by molar-refractivity contribution is 6.00. The average Bonchev–Trinajstić information content (AvgIpc) is 3.54. The first-order valence-corrected chi connectivity index (χ1v) is 12.1. The van der Waals surface area contributed by atoms with Gasteiger partial charge < -0.3 is 9.80 Å². The summed E-state index contributed by atoms with van der Waals surface area (Å²) in [6.07, 6.45) is 4.57. The molecule has 0 bridgehead atoms. The minimum Gasteiger partial charge on any atom is -0.336 e. The first-order chi connectivity index (χ1) is 16.2. The summed E-state index contributed by atoms with van der Waals surface area (Å²) in [7, 11) is 0. The molecule has 2 aliphatic rings. The van der Waals surface area contributed by atoms with E-state index in [1.54, 1.807) is 0 Å². The van der Waals surface area contributed by atoms with Gasteiger partial charge in [-0.05, 0) is 45.0 Å². The lowest BCUT2D eigenvalue weighted by Crippen LogP contribution is -2.50. The molecule has 2 fully saturated rings. The van der Waals surface area contributed by atoms with Gasteiger partial charge in [0.1, 0.15) is 5.69 Å². The van der Waals surface area contributed by atoms with E-state index in [4.69, 9.17) is 5.10 Å². The van der Waals surface area contributed by atoms with Crippen molar-refractivity contribution in [1.29, 1.82) is 0 Å². The second kappa shape index (κ2) is 9.89. The maximum Gasteiger partial charge on any atom is 0.257 e. The number of benzene rings is 2. The van der Waals surface area contributed by atoms with Crippen molar-refractivity contribution in [3.63, 3.8) is 0 Å². The second-order valence-electron chi connectivity index (χ2n) is 9.22. The fourth-order valence-corrected chi connectivity index (χ4v) is 4.80. The summed E-state index contributed by atoms with van der Waals surface area (Å²) in [6, 6.07) is 18.3. The highest BCUT2D eigenvalue weighted by Crippen LogP contribution is 2.25. The Labute approximate surface area is 196 Å². The van der Waals surface area contributed by atoms with Gasteiger partial charge in [-0.3, -0.25) is 9.69 Å². The van der Waals surface area contributed by atoms with Crippen LogP contribution in [0.2, 0.25) is 0 Å². The van der Waals surface area contributed by atoms with E-state index in [-0.39, 0.29) is 5.91 Å². The number of amides is 1. The smallest absolute Gasteiger partial charge is 0.257 e. The van der Waals surface area contributed by atoms with Gasteiger partial charge in [0.15, 0.2) is 0 Å². The summed E-state index contributed by atoms with van der Waals surface area (Å²) in [4.78, 5) is 20.7. The Balaban J connectivity index is 1.32. The average molecular weight is 444 g/mol. The molecule has 2 aromatic carbocycles. The maximum atomic E-state index is 13.6. The zero-order valence-electron chi connectivity index (χ0n) is 19.5. The summed E-state index contributed by atoms with van der Waals surface area (Å²) in [5.74, 6) is 0.0754. The molecule has 33 heavy (non-hydrogen) atoms. The molecular weight excluding hydrogens is 410 g/mol. The molecule has 0 radical (unpaired) electrons. The third-order valence-corrected chi connectivity index (χ3v) is 6.88. The number of aromatic nitrogens is 2. The molecule has 3 heterocycles. The van der Waals surface area contributed by atoms with Crippen molar-refractivity contribution in [3.8, 4) is 16.9 Å². The second-order valence-corrected chi connectivity index (χ2v) is 9.22. The van der Waals surface area contributed by atoms with Gasteiger partial charge in [0.2, 0.25) is 0 Å². The van der Waals surface area contributed by atoms with Crippen LogP contribution in [0.15, 0.2) is 60.8 Å². The number of carbonyl (C=O) groups excluding carboxylic acids is 1. The number of rotatable bonds is 6. The summed E-state index contributed by atoms with van der Waals surface area (Å²) < 4.78 is 1.83. The number of hydrogen-bond acceptors (Lipinski definition) is 4. The van der Waals surface area contributed by atoms with Crippen LogP contribution in [0.5, 0.6) is 0 Å². The van der Waals surface area contributed by atoms with Crippen LogP contribution in [0.3, 0.4) is 0 Å². The van der Waals surface area contributed by atoms with Crippen LogP contribution in [0.4, 0.5) is 0 Å². The highest BCUT2D eigenvalue weighted by Gasteiger charge is 2.27. The number of likely N-dealkylation sites (tertiary alicyclic amines) is 1. The lowest BCUT2D eigenvalue weighted by molar-refractivity contribution is 0.0627. The number of aryl methyl sites for hydroxylation is 1. The fraction of sp³-hybridized carbons (Fsp3) is 0.407. The summed E-state index contributed by atoms with van der Waals surface area (Å²) in [5.41, 5.74) is 4.55. The van der Waals surface area contributed by atoms with E-state index in [1.165, 1.54) is 31.5 Å². The summed E-state index contributed by atoms with van der Waals surface area (Å²) >= 11 is 0. The van der Waals surface area contributed by atoms with Crippen molar-refractivity contribution in [2.45, 2.75) is 19.8 Å². The lowest BCUT2D eigenvalue weighted by Gasteiger charge is -2.35. The molecule has 6 nitrogen and oxygen atoms in total. The van der Waals surface area contributed by atoms with E-state index in [2.05, 4.69) is 28.9 Å². The zero-order valence-corrected chi connectivity index (χ0v) is 19.5. The van der Waals surface area contributed by atoms with Crippen LogP contribution >= 0.6 is 0 Å². The Kier molecular flexibility index (Phi) is 6.55. The Bertz CT molecular complexity index is 1060. The third-order valence-electron chi connectivity index (χ3n) is 6.88. The van der Waals surface area contributed by atoms with E-state index in [0.29, 0.717) is 5.56 Å². The number of carbonyl (C=O) groups is 1. The Morgan fingerprint density at radius 3 is 2.12 bits per heavy atom. The molecule has 1 amide bonds. The molecule has 0 N–H and O–H groups in total. The van der Waals surface area contributed by atoms with Crippen LogP contribution in [-0.2, 0) is 0 Å². The minimum absolute atomic E-state index is 0.0754. The van der Waals surface area contributed by atoms with Crippen LogP contribution in [0.25, 0.3) is 16.9 Å². The molecule has 0 spiro atoms. The molecule has 6 heteroatoms. The molecule has 0 saturated carbocycles. The molecule has 2 aliphatic heterocycles. The van der Waals surface area contributed by atoms with Crippen molar-refractivity contribution in [1.82, 2.24) is 24.5 Å². The highest BCUT2D eigenvalue weighted by atomic mass is 16.2. The van der Waals surface area contributed by atoms with Crippen LogP contribution in [0, 0.1) is 6.92 Å². The van der Waals surface area contributed by atoms with Crippen molar-refractivity contribution >= 4 is 5.91 Å². The summed E-state index contributed by atoms with van der Waals surface area (Å²) in [5, 5.41) is 4.84. The number of hydrogen-bond donors (Lipinski definition) is 0. The van der Waals surface area contributed by atoms with E-state index in [0.717, 1.165) is 56.2 Å². The SMILES string of the molecule is Cc1ccc(-n2cc(C(=O)N3CCN(CCN4CCCC4)CC3)c(-c3ccccc3)n2)cc1. The Morgan fingerprint density at radius 1 is 0.818 bits per heavy atom. The monoisotopic (exact) mass is 443 g/mol. The predicted molar refractivity (Wildman–Crippen MR) is 132 cm³/mol. The van der Waals surface area contributed by atoms with Crippen LogP contribution in [-0.4, -0.2) is 82.7 Å². The summed E-state index contributed by atoms with van der Waals surface area (Å²) in [6.45, 7) is 10.2. The van der Waals surface area contributed by atoms with Gasteiger partial charge in [0.05, 0.1) is 11.3 Å². The molecule has 2 saturated heterocycles. The van der Waals surface area contributed by atoms with Gasteiger partial charge >= 0.3 is 0 Å². The van der Waals surface area contributed by atoms with Crippen molar-refractivity contribution in [2.75, 3.05) is 52.4 Å².